The lowest BCUT2D eigenvalue weighted by molar-refractivity contribution is -0.141. The zero-order valence-corrected chi connectivity index (χ0v) is 13.6. The van der Waals surface area contributed by atoms with E-state index in [2.05, 4.69) is 0 Å². The molecule has 2 rings (SSSR count). The molecule has 0 spiro atoms. The lowest BCUT2D eigenvalue weighted by atomic mass is 10.0. The third-order valence-corrected chi connectivity index (χ3v) is 5.44. The molecule has 0 aliphatic carbocycles. The fraction of sp³-hybridized carbons (Fsp3) is 0.500. The van der Waals surface area contributed by atoms with Gasteiger partial charge in [0.2, 0.25) is 0 Å². The smallest absolute Gasteiger partial charge is 0.327 e. The Labute approximate surface area is 129 Å². The number of hydrogen-bond acceptors (Lipinski definition) is 3. The van der Waals surface area contributed by atoms with E-state index in [1.165, 1.54) is 0 Å². The van der Waals surface area contributed by atoms with Crippen LogP contribution in [0.25, 0.3) is 0 Å². The maximum Gasteiger partial charge on any atom is 0.327 e. The number of aliphatic carboxylic acids is 1. The molecule has 1 amide bonds. The second kappa shape index (κ2) is 6.10. The summed E-state index contributed by atoms with van der Waals surface area (Å²) < 4.78 is 0. The van der Waals surface area contributed by atoms with Gasteiger partial charge in [-0.2, -0.15) is 0 Å². The molecule has 5 heteroatoms. The number of thioether (sulfide) groups is 1. The Balaban J connectivity index is 2.44. The highest BCUT2D eigenvalue weighted by Gasteiger charge is 2.43. The predicted octanol–water partition coefficient (Wildman–Crippen LogP) is 2.93. The molecule has 0 radical (unpaired) electrons. The fourth-order valence-corrected chi connectivity index (χ4v) is 4.24. The molecule has 1 N–H and O–H groups in total. The molecule has 0 saturated carbocycles. The van der Waals surface area contributed by atoms with Crippen LogP contribution in [0.5, 0.6) is 0 Å². The standard InChI is InChI=1S/C16H21NO3S/c1-9(2)15-17(12(8-21-15)16(19)20)14(18)13-10(3)6-5-7-11(13)4/h5-7,9,12,15H,8H2,1-4H3,(H,19,20). The summed E-state index contributed by atoms with van der Waals surface area (Å²) in [5, 5.41) is 9.32. The van der Waals surface area contributed by atoms with Gasteiger partial charge >= 0.3 is 5.97 Å². The minimum Gasteiger partial charge on any atom is -0.480 e. The SMILES string of the molecule is Cc1cccc(C)c1C(=O)N1C(C(=O)O)CSC1C(C)C. The molecule has 1 aromatic rings. The highest BCUT2D eigenvalue weighted by atomic mass is 32.2. The van der Waals surface area contributed by atoms with Gasteiger partial charge in [0.25, 0.3) is 5.91 Å². The van der Waals surface area contributed by atoms with Crippen molar-refractivity contribution in [2.45, 2.75) is 39.1 Å². The van der Waals surface area contributed by atoms with Crippen LogP contribution in [0.2, 0.25) is 0 Å². The first-order valence-electron chi connectivity index (χ1n) is 7.08. The summed E-state index contributed by atoms with van der Waals surface area (Å²) in [5.41, 5.74) is 2.42. The second-order valence-electron chi connectivity index (χ2n) is 5.80. The number of hydrogen-bond donors (Lipinski definition) is 1. The molecule has 1 saturated heterocycles. The van der Waals surface area contributed by atoms with Gasteiger partial charge in [-0.25, -0.2) is 4.79 Å². The van der Waals surface area contributed by atoms with Crippen molar-refractivity contribution >= 4 is 23.6 Å². The molecule has 1 fully saturated rings. The maximum atomic E-state index is 13.0. The van der Waals surface area contributed by atoms with Crippen LogP contribution in [0.4, 0.5) is 0 Å². The Hall–Kier alpha value is -1.49. The summed E-state index contributed by atoms with van der Waals surface area (Å²) in [4.78, 5) is 26.0. The van der Waals surface area contributed by atoms with Crippen LogP contribution in [0, 0.1) is 19.8 Å². The molecular formula is C16H21NO3S. The molecule has 1 aliphatic rings. The van der Waals surface area contributed by atoms with Crippen LogP contribution in [-0.4, -0.2) is 39.1 Å². The predicted molar refractivity (Wildman–Crippen MR) is 84.6 cm³/mol. The molecule has 4 nitrogen and oxygen atoms in total. The molecule has 0 aromatic heterocycles. The minimum atomic E-state index is -0.926. The Bertz CT molecular complexity index is 550. The largest absolute Gasteiger partial charge is 0.480 e. The molecule has 2 unspecified atom stereocenters. The Morgan fingerprint density at radius 3 is 2.33 bits per heavy atom. The first-order chi connectivity index (χ1) is 9.84. The van der Waals surface area contributed by atoms with Gasteiger partial charge in [-0.3, -0.25) is 4.79 Å². The Morgan fingerprint density at radius 1 is 1.29 bits per heavy atom. The third-order valence-electron chi connectivity index (χ3n) is 3.82. The van der Waals surface area contributed by atoms with E-state index in [0.717, 1.165) is 11.1 Å². The van der Waals surface area contributed by atoms with Gasteiger partial charge < -0.3 is 10.0 Å². The van der Waals surface area contributed by atoms with Gasteiger partial charge in [0.05, 0.1) is 5.37 Å². The average molecular weight is 307 g/mol. The molecule has 0 bridgehead atoms. The summed E-state index contributed by atoms with van der Waals surface area (Å²) in [6, 6.07) is 4.95. The van der Waals surface area contributed by atoms with Gasteiger partial charge in [-0.1, -0.05) is 32.0 Å². The molecule has 1 aliphatic heterocycles. The topological polar surface area (TPSA) is 57.6 Å². The van der Waals surface area contributed by atoms with Gasteiger partial charge in [0, 0.05) is 11.3 Å². The van der Waals surface area contributed by atoms with Crippen LogP contribution in [0.15, 0.2) is 18.2 Å². The third kappa shape index (κ3) is 2.93. The van der Waals surface area contributed by atoms with E-state index in [1.807, 2.05) is 45.9 Å². The number of aryl methyl sites for hydroxylation is 2. The fourth-order valence-electron chi connectivity index (χ4n) is 2.77. The van der Waals surface area contributed by atoms with Crippen molar-refractivity contribution in [2.75, 3.05) is 5.75 Å². The van der Waals surface area contributed by atoms with Crippen molar-refractivity contribution in [1.82, 2.24) is 4.90 Å². The summed E-state index contributed by atoms with van der Waals surface area (Å²) in [5.74, 6) is -0.422. The molecule has 21 heavy (non-hydrogen) atoms. The zero-order valence-electron chi connectivity index (χ0n) is 12.8. The Kier molecular flexibility index (Phi) is 4.61. The number of carbonyl (C=O) groups excluding carboxylic acids is 1. The lowest BCUT2D eigenvalue weighted by Gasteiger charge is -2.30. The van der Waals surface area contributed by atoms with Crippen molar-refractivity contribution in [1.29, 1.82) is 0 Å². The van der Waals surface area contributed by atoms with E-state index in [1.54, 1.807) is 16.7 Å². The van der Waals surface area contributed by atoms with Crippen LogP contribution >= 0.6 is 11.8 Å². The van der Waals surface area contributed by atoms with E-state index < -0.39 is 12.0 Å². The van der Waals surface area contributed by atoms with Gasteiger partial charge in [0.1, 0.15) is 6.04 Å². The first kappa shape index (κ1) is 15.9. The van der Waals surface area contributed by atoms with Gasteiger partial charge in [0.15, 0.2) is 0 Å². The number of amides is 1. The summed E-state index contributed by atoms with van der Waals surface area (Å²) in [6.07, 6.45) is 0. The van der Waals surface area contributed by atoms with Crippen LogP contribution < -0.4 is 0 Å². The van der Waals surface area contributed by atoms with E-state index >= 15 is 0 Å². The molecule has 1 heterocycles. The van der Waals surface area contributed by atoms with E-state index in [9.17, 15) is 14.7 Å². The number of benzene rings is 1. The zero-order chi connectivity index (χ0) is 15.7. The Morgan fingerprint density at radius 2 is 1.86 bits per heavy atom. The van der Waals surface area contributed by atoms with Gasteiger partial charge in [-0.15, -0.1) is 11.8 Å². The monoisotopic (exact) mass is 307 g/mol. The summed E-state index contributed by atoms with van der Waals surface area (Å²) in [7, 11) is 0. The molecule has 1 aromatic carbocycles. The van der Waals surface area contributed by atoms with E-state index in [4.69, 9.17) is 0 Å². The molecule has 2 atom stereocenters. The van der Waals surface area contributed by atoms with Gasteiger partial charge in [-0.05, 0) is 30.9 Å². The number of carboxylic acid groups (broad SMARTS) is 1. The number of rotatable bonds is 3. The summed E-state index contributed by atoms with van der Waals surface area (Å²) >= 11 is 1.55. The number of carboxylic acids is 1. The first-order valence-corrected chi connectivity index (χ1v) is 8.12. The molecule has 114 valence electrons. The van der Waals surface area contributed by atoms with Crippen LogP contribution in [0.3, 0.4) is 0 Å². The number of carbonyl (C=O) groups is 2. The van der Waals surface area contributed by atoms with Crippen molar-refractivity contribution < 1.29 is 14.7 Å². The number of nitrogens with zero attached hydrogens (tertiary/aromatic N) is 1. The van der Waals surface area contributed by atoms with Crippen molar-refractivity contribution in [2.24, 2.45) is 5.92 Å². The van der Waals surface area contributed by atoms with E-state index in [-0.39, 0.29) is 17.2 Å². The summed E-state index contributed by atoms with van der Waals surface area (Å²) in [6.45, 7) is 7.83. The average Bonchev–Trinajstić information content (AvgIpc) is 2.83. The van der Waals surface area contributed by atoms with Crippen molar-refractivity contribution in [3.63, 3.8) is 0 Å². The normalized spacial score (nSPS) is 21.9. The lowest BCUT2D eigenvalue weighted by Crippen LogP contribution is -2.47. The highest BCUT2D eigenvalue weighted by molar-refractivity contribution is 8.00. The van der Waals surface area contributed by atoms with E-state index in [0.29, 0.717) is 11.3 Å². The molecular weight excluding hydrogens is 286 g/mol. The highest BCUT2D eigenvalue weighted by Crippen LogP contribution is 2.36. The minimum absolute atomic E-state index is 0.0855. The van der Waals surface area contributed by atoms with Crippen LogP contribution in [-0.2, 0) is 4.79 Å². The van der Waals surface area contributed by atoms with Crippen LogP contribution in [0.1, 0.15) is 35.3 Å². The maximum absolute atomic E-state index is 13.0. The quantitative estimate of drug-likeness (QED) is 0.933. The second-order valence-corrected chi connectivity index (χ2v) is 6.95. The van der Waals surface area contributed by atoms with Crippen molar-refractivity contribution in [3.8, 4) is 0 Å². The van der Waals surface area contributed by atoms with Crippen molar-refractivity contribution in [3.05, 3.63) is 34.9 Å².